The van der Waals surface area contributed by atoms with E-state index in [-0.39, 0.29) is 11.7 Å². The van der Waals surface area contributed by atoms with E-state index in [0.717, 1.165) is 16.9 Å². The molecule has 1 aliphatic heterocycles. The molecule has 3 aromatic heterocycles. The van der Waals surface area contributed by atoms with Crippen LogP contribution >= 0.6 is 0 Å². The van der Waals surface area contributed by atoms with Crippen molar-refractivity contribution in [1.82, 2.24) is 29.8 Å². The van der Waals surface area contributed by atoms with Crippen LogP contribution in [0.2, 0.25) is 0 Å². The number of hydrogen-bond acceptors (Lipinski definition) is 7. The molecular weight excluding hydrogens is 437 g/mol. The molecule has 0 radical (unpaired) electrons. The van der Waals surface area contributed by atoms with Crippen LogP contribution in [0.1, 0.15) is 23.3 Å². The fraction of sp³-hybridized carbons (Fsp3) is 0.292. The molecule has 1 fully saturated rings. The van der Waals surface area contributed by atoms with Gasteiger partial charge >= 0.3 is 0 Å². The number of anilines is 1. The van der Waals surface area contributed by atoms with Crippen molar-refractivity contribution in [2.24, 2.45) is 7.05 Å². The summed E-state index contributed by atoms with van der Waals surface area (Å²) in [6.07, 6.45) is 2.43. The summed E-state index contributed by atoms with van der Waals surface area (Å²) in [6.45, 7) is 4.45. The number of aryl methyl sites for hydroxylation is 2. The number of halogens is 1. The number of nitrogens with zero attached hydrogens (tertiary/aromatic N) is 7. The summed E-state index contributed by atoms with van der Waals surface area (Å²) >= 11 is 0. The van der Waals surface area contributed by atoms with Gasteiger partial charge in [-0.3, -0.25) is 9.48 Å². The van der Waals surface area contributed by atoms with E-state index >= 15 is 0 Å². The van der Waals surface area contributed by atoms with Gasteiger partial charge in [-0.15, -0.1) is 0 Å². The summed E-state index contributed by atoms with van der Waals surface area (Å²) in [5, 5.41) is 8.42. The Morgan fingerprint density at radius 1 is 1.06 bits per heavy atom. The van der Waals surface area contributed by atoms with Crippen molar-refractivity contribution in [2.45, 2.75) is 13.3 Å². The smallest absolute Gasteiger partial charge is 0.272 e. The molecule has 5 rings (SSSR count). The van der Waals surface area contributed by atoms with E-state index in [0.29, 0.717) is 55.7 Å². The maximum Gasteiger partial charge on any atom is 0.272 e. The number of carbonyl (C=O) groups is 1. The van der Waals surface area contributed by atoms with E-state index in [4.69, 9.17) is 4.52 Å². The molecule has 1 amide bonds. The first kappa shape index (κ1) is 21.7. The van der Waals surface area contributed by atoms with Gasteiger partial charge in [0.05, 0.1) is 5.69 Å². The highest BCUT2D eigenvalue weighted by Crippen LogP contribution is 2.22. The molecule has 0 unspecified atom stereocenters. The minimum absolute atomic E-state index is 0.0739. The lowest BCUT2D eigenvalue weighted by Gasteiger charge is -2.35. The molecule has 0 bridgehead atoms. The van der Waals surface area contributed by atoms with E-state index in [1.807, 2.05) is 24.0 Å². The summed E-state index contributed by atoms with van der Waals surface area (Å²) in [5.41, 5.74) is 2.71. The van der Waals surface area contributed by atoms with Crippen LogP contribution in [0.4, 0.5) is 10.2 Å². The quantitative estimate of drug-likeness (QED) is 0.451. The summed E-state index contributed by atoms with van der Waals surface area (Å²) in [7, 11) is 1.75. The molecule has 4 aromatic rings. The van der Waals surface area contributed by atoms with E-state index in [2.05, 4.69) is 25.1 Å². The molecule has 34 heavy (non-hydrogen) atoms. The van der Waals surface area contributed by atoms with Crippen LogP contribution in [0, 0.1) is 5.82 Å². The van der Waals surface area contributed by atoms with Gasteiger partial charge < -0.3 is 14.3 Å². The number of pyridine rings is 1. The van der Waals surface area contributed by atoms with Crippen LogP contribution in [0.15, 0.2) is 53.2 Å². The molecule has 174 valence electrons. The van der Waals surface area contributed by atoms with Gasteiger partial charge in [0, 0.05) is 57.0 Å². The van der Waals surface area contributed by atoms with E-state index in [1.54, 1.807) is 36.1 Å². The first-order chi connectivity index (χ1) is 16.5. The highest BCUT2D eigenvalue weighted by molar-refractivity contribution is 5.94. The van der Waals surface area contributed by atoms with Crippen molar-refractivity contribution < 1.29 is 13.7 Å². The minimum Gasteiger partial charge on any atom is -0.353 e. The van der Waals surface area contributed by atoms with Crippen LogP contribution in [0.3, 0.4) is 0 Å². The zero-order valence-electron chi connectivity index (χ0n) is 19.0. The van der Waals surface area contributed by atoms with Crippen molar-refractivity contribution in [2.75, 3.05) is 31.1 Å². The zero-order chi connectivity index (χ0) is 23.7. The summed E-state index contributed by atoms with van der Waals surface area (Å²) in [6, 6.07) is 11.7. The van der Waals surface area contributed by atoms with Crippen LogP contribution in [0.5, 0.6) is 0 Å². The van der Waals surface area contributed by atoms with Gasteiger partial charge in [0.15, 0.2) is 0 Å². The number of rotatable bonds is 5. The van der Waals surface area contributed by atoms with Gasteiger partial charge in [-0.25, -0.2) is 9.37 Å². The first-order valence-corrected chi connectivity index (χ1v) is 11.1. The van der Waals surface area contributed by atoms with Crippen LogP contribution < -0.4 is 4.90 Å². The Morgan fingerprint density at radius 3 is 2.44 bits per heavy atom. The molecule has 4 heterocycles. The molecule has 0 spiro atoms. The third kappa shape index (κ3) is 4.26. The normalized spacial score (nSPS) is 14.0. The number of aromatic nitrogens is 5. The second-order valence-electron chi connectivity index (χ2n) is 8.09. The maximum absolute atomic E-state index is 13.2. The predicted octanol–water partition coefficient (Wildman–Crippen LogP) is 3.20. The molecule has 9 nitrogen and oxygen atoms in total. The fourth-order valence-corrected chi connectivity index (χ4v) is 3.95. The van der Waals surface area contributed by atoms with Gasteiger partial charge in [-0.05, 0) is 42.5 Å². The SMILES string of the molecule is CCc1nc(-c2ccc(N3CCN(C(=O)c4cc(-c5ccc(F)cc5)nn4C)CC3)nc2)no1. The van der Waals surface area contributed by atoms with Crippen LogP contribution in [-0.2, 0) is 13.5 Å². The summed E-state index contributed by atoms with van der Waals surface area (Å²) < 4.78 is 20.0. The standard InChI is InChI=1S/C24H24FN7O2/c1-3-22-27-23(29-34-22)17-6-9-21(26-15-17)31-10-12-32(13-11-31)24(33)20-14-19(28-30(20)2)16-4-7-18(25)8-5-16/h4-9,14-15H,3,10-13H2,1-2H3. The molecule has 1 saturated heterocycles. The Bertz CT molecular complexity index is 1290. The van der Waals surface area contributed by atoms with Gasteiger partial charge in [-0.1, -0.05) is 12.1 Å². The van der Waals surface area contributed by atoms with Gasteiger partial charge in [0.25, 0.3) is 5.91 Å². The molecule has 10 heteroatoms. The lowest BCUT2D eigenvalue weighted by molar-refractivity contribution is 0.0735. The molecule has 0 N–H and O–H groups in total. The van der Waals surface area contributed by atoms with E-state index in [1.165, 1.54) is 12.1 Å². The number of amides is 1. The van der Waals surface area contributed by atoms with Gasteiger partial charge in [0.2, 0.25) is 11.7 Å². The van der Waals surface area contributed by atoms with Gasteiger partial charge in [-0.2, -0.15) is 10.1 Å². The zero-order valence-corrected chi connectivity index (χ0v) is 19.0. The minimum atomic E-state index is -0.307. The molecular formula is C24H24FN7O2. The Kier molecular flexibility index (Phi) is 5.79. The highest BCUT2D eigenvalue weighted by atomic mass is 19.1. The molecule has 0 saturated carbocycles. The third-order valence-electron chi connectivity index (χ3n) is 5.91. The Labute approximate surface area is 195 Å². The molecule has 0 atom stereocenters. The largest absolute Gasteiger partial charge is 0.353 e. The van der Waals surface area contributed by atoms with Crippen molar-refractivity contribution in [1.29, 1.82) is 0 Å². The van der Waals surface area contributed by atoms with Crippen molar-refractivity contribution in [3.05, 3.63) is 66.1 Å². The van der Waals surface area contributed by atoms with Crippen LogP contribution in [0.25, 0.3) is 22.6 Å². The van der Waals surface area contributed by atoms with E-state index in [9.17, 15) is 9.18 Å². The monoisotopic (exact) mass is 461 g/mol. The molecule has 1 aliphatic rings. The topological polar surface area (TPSA) is 93.2 Å². The predicted molar refractivity (Wildman–Crippen MR) is 124 cm³/mol. The van der Waals surface area contributed by atoms with Gasteiger partial charge in [0.1, 0.15) is 17.3 Å². The highest BCUT2D eigenvalue weighted by Gasteiger charge is 2.25. The number of hydrogen-bond donors (Lipinski definition) is 0. The average Bonchev–Trinajstić information content (AvgIpc) is 3.51. The fourth-order valence-electron chi connectivity index (χ4n) is 3.95. The lowest BCUT2D eigenvalue weighted by atomic mass is 10.1. The second kappa shape index (κ2) is 9.05. The molecule has 0 aliphatic carbocycles. The van der Waals surface area contributed by atoms with Crippen molar-refractivity contribution >= 4 is 11.7 Å². The van der Waals surface area contributed by atoms with Crippen molar-refractivity contribution in [3.8, 4) is 22.6 Å². The number of piperazine rings is 1. The second-order valence-corrected chi connectivity index (χ2v) is 8.09. The van der Waals surface area contributed by atoms with E-state index < -0.39 is 0 Å². The first-order valence-electron chi connectivity index (χ1n) is 11.1. The van der Waals surface area contributed by atoms with Crippen molar-refractivity contribution in [3.63, 3.8) is 0 Å². The molecule has 1 aromatic carbocycles. The van der Waals surface area contributed by atoms with Crippen LogP contribution in [-0.4, -0.2) is 61.9 Å². The summed E-state index contributed by atoms with van der Waals surface area (Å²) in [5.74, 6) is 1.59. The Morgan fingerprint density at radius 2 is 1.79 bits per heavy atom. The number of benzene rings is 1. The Hall–Kier alpha value is -4.08. The average molecular weight is 462 g/mol. The Balaban J connectivity index is 1.23. The number of carbonyl (C=O) groups excluding carboxylic acids is 1. The lowest BCUT2D eigenvalue weighted by Crippen LogP contribution is -2.49. The third-order valence-corrected chi connectivity index (χ3v) is 5.91. The maximum atomic E-state index is 13.2. The summed E-state index contributed by atoms with van der Waals surface area (Å²) in [4.78, 5) is 26.0.